The summed E-state index contributed by atoms with van der Waals surface area (Å²) in [6.07, 6.45) is 4.06. The second-order valence-corrected chi connectivity index (χ2v) is 8.11. The predicted octanol–water partition coefficient (Wildman–Crippen LogP) is 3.65. The Bertz CT molecular complexity index is 872. The lowest BCUT2D eigenvalue weighted by Crippen LogP contribution is -2.32. The third kappa shape index (κ3) is 4.44. The lowest BCUT2D eigenvalue weighted by Gasteiger charge is -2.29. The largest absolute Gasteiger partial charge is 0.372 e. The molecule has 2 fully saturated rings. The quantitative estimate of drug-likeness (QED) is 0.846. The zero-order valence-corrected chi connectivity index (χ0v) is 17.1. The van der Waals surface area contributed by atoms with Gasteiger partial charge in [-0.25, -0.2) is 0 Å². The fourth-order valence-electron chi connectivity index (χ4n) is 4.26. The summed E-state index contributed by atoms with van der Waals surface area (Å²) >= 11 is 0. The fraction of sp³-hybridized carbons (Fsp3) is 0.417. The van der Waals surface area contributed by atoms with Crippen molar-refractivity contribution in [2.75, 3.05) is 29.4 Å². The Labute approximate surface area is 172 Å². The van der Waals surface area contributed by atoms with E-state index in [1.807, 2.05) is 43.3 Å². The van der Waals surface area contributed by atoms with Crippen LogP contribution in [0, 0.1) is 12.8 Å². The number of rotatable bonds is 5. The van der Waals surface area contributed by atoms with Crippen LogP contribution >= 0.6 is 0 Å². The molecular weight excluding hydrogens is 362 g/mol. The molecule has 0 aromatic heterocycles. The highest BCUT2D eigenvalue weighted by Gasteiger charge is 2.35. The Kier molecular flexibility index (Phi) is 5.84. The summed E-state index contributed by atoms with van der Waals surface area (Å²) in [6.45, 7) is 5.19. The number of hydrogen-bond donors (Lipinski definition) is 1. The van der Waals surface area contributed by atoms with Crippen LogP contribution in [-0.4, -0.2) is 31.4 Å². The minimum absolute atomic E-state index is 0.0202. The number of amides is 2. The average Bonchev–Trinajstić information content (AvgIpc) is 3.15. The van der Waals surface area contributed by atoms with Crippen LogP contribution < -0.4 is 15.1 Å². The summed E-state index contributed by atoms with van der Waals surface area (Å²) in [4.78, 5) is 29.3. The Hall–Kier alpha value is -2.82. The number of carbonyl (C=O) groups excluding carboxylic acids is 2. The molecule has 2 heterocycles. The van der Waals surface area contributed by atoms with Crippen LogP contribution in [0.25, 0.3) is 0 Å². The third-order valence-electron chi connectivity index (χ3n) is 6.09. The van der Waals surface area contributed by atoms with Crippen LogP contribution in [0.5, 0.6) is 0 Å². The lowest BCUT2D eigenvalue weighted by atomic mass is 10.1. The topological polar surface area (TPSA) is 52.7 Å². The van der Waals surface area contributed by atoms with Crippen molar-refractivity contribution < 1.29 is 9.59 Å². The molecule has 4 rings (SSSR count). The van der Waals surface area contributed by atoms with Gasteiger partial charge in [0.2, 0.25) is 11.8 Å². The van der Waals surface area contributed by atoms with Crippen LogP contribution in [-0.2, 0) is 16.1 Å². The van der Waals surface area contributed by atoms with Gasteiger partial charge in [-0.05, 0) is 61.6 Å². The van der Waals surface area contributed by atoms with Crippen molar-refractivity contribution in [1.29, 1.82) is 0 Å². The van der Waals surface area contributed by atoms with Gasteiger partial charge in [0.15, 0.2) is 0 Å². The lowest BCUT2D eigenvalue weighted by molar-refractivity contribution is -0.126. The molecule has 2 aromatic rings. The summed E-state index contributed by atoms with van der Waals surface area (Å²) < 4.78 is 0. The van der Waals surface area contributed by atoms with Crippen molar-refractivity contribution in [2.24, 2.45) is 5.92 Å². The molecule has 29 heavy (non-hydrogen) atoms. The third-order valence-corrected chi connectivity index (χ3v) is 6.09. The van der Waals surface area contributed by atoms with E-state index in [2.05, 4.69) is 22.3 Å². The van der Waals surface area contributed by atoms with Gasteiger partial charge in [-0.15, -0.1) is 0 Å². The first-order valence-electron chi connectivity index (χ1n) is 10.6. The Balaban J connectivity index is 1.36. The summed E-state index contributed by atoms with van der Waals surface area (Å²) in [5.41, 5.74) is 4.36. The van der Waals surface area contributed by atoms with Crippen LogP contribution in [0.3, 0.4) is 0 Å². The minimum Gasteiger partial charge on any atom is -0.372 e. The Morgan fingerprint density at radius 3 is 2.41 bits per heavy atom. The minimum atomic E-state index is -0.298. The Morgan fingerprint density at radius 2 is 1.69 bits per heavy atom. The molecule has 2 aliphatic heterocycles. The van der Waals surface area contributed by atoms with Gasteiger partial charge >= 0.3 is 0 Å². The van der Waals surface area contributed by atoms with Crippen molar-refractivity contribution in [1.82, 2.24) is 5.32 Å². The molecule has 2 amide bonds. The Morgan fingerprint density at radius 1 is 1.00 bits per heavy atom. The van der Waals surface area contributed by atoms with Gasteiger partial charge in [-0.3, -0.25) is 9.59 Å². The molecule has 0 bridgehead atoms. The van der Waals surface area contributed by atoms with Crippen LogP contribution in [0.1, 0.15) is 36.8 Å². The van der Waals surface area contributed by atoms with E-state index in [9.17, 15) is 9.59 Å². The molecule has 152 valence electrons. The highest BCUT2D eigenvalue weighted by molar-refractivity contribution is 6.00. The van der Waals surface area contributed by atoms with Gasteiger partial charge in [0.1, 0.15) is 0 Å². The maximum Gasteiger partial charge on any atom is 0.227 e. The molecule has 0 radical (unpaired) electrons. The highest BCUT2D eigenvalue weighted by Crippen LogP contribution is 2.28. The zero-order chi connectivity index (χ0) is 20.2. The number of nitrogens with zero attached hydrogens (tertiary/aromatic N) is 2. The number of piperidine rings is 1. The van der Waals surface area contributed by atoms with Crippen molar-refractivity contribution in [2.45, 2.75) is 39.2 Å². The van der Waals surface area contributed by atoms with Crippen LogP contribution in [0.2, 0.25) is 0 Å². The number of nitrogens with one attached hydrogen (secondary N) is 1. The number of benzene rings is 2. The number of anilines is 2. The molecule has 1 atom stereocenters. The van der Waals surface area contributed by atoms with E-state index in [4.69, 9.17) is 0 Å². The summed E-state index contributed by atoms with van der Waals surface area (Å²) in [7, 11) is 0. The van der Waals surface area contributed by atoms with Gasteiger partial charge < -0.3 is 15.1 Å². The molecule has 0 saturated carbocycles. The average molecular weight is 392 g/mol. The van der Waals surface area contributed by atoms with E-state index in [1.54, 1.807) is 4.90 Å². The maximum atomic E-state index is 12.6. The first-order chi connectivity index (χ1) is 14.1. The summed E-state index contributed by atoms with van der Waals surface area (Å²) in [6, 6.07) is 16.2. The molecule has 0 aliphatic carbocycles. The number of hydrogen-bond acceptors (Lipinski definition) is 3. The molecule has 1 unspecified atom stereocenters. The SMILES string of the molecule is Cc1ccccc1CNC(=O)C1CC(=O)N(c2ccc(N3CCCCC3)cc2)C1. The normalized spacial score (nSPS) is 19.5. The van der Waals surface area contributed by atoms with E-state index in [-0.39, 0.29) is 24.2 Å². The van der Waals surface area contributed by atoms with E-state index in [0.717, 1.165) is 29.9 Å². The van der Waals surface area contributed by atoms with E-state index >= 15 is 0 Å². The standard InChI is InChI=1S/C24H29N3O2/c1-18-7-3-4-8-19(18)16-25-24(29)20-15-23(28)27(17-20)22-11-9-21(10-12-22)26-13-5-2-6-14-26/h3-4,7-12,20H,2,5-6,13-17H2,1H3,(H,25,29). The highest BCUT2D eigenvalue weighted by atomic mass is 16.2. The molecule has 0 spiro atoms. The van der Waals surface area contributed by atoms with E-state index in [0.29, 0.717) is 13.1 Å². The monoisotopic (exact) mass is 391 g/mol. The number of aryl methyl sites for hydroxylation is 1. The fourth-order valence-corrected chi connectivity index (χ4v) is 4.26. The second kappa shape index (κ2) is 8.68. The molecule has 2 saturated heterocycles. The van der Waals surface area contributed by atoms with Gasteiger partial charge in [0, 0.05) is 44.0 Å². The van der Waals surface area contributed by atoms with Gasteiger partial charge in [0.05, 0.1) is 5.92 Å². The van der Waals surface area contributed by atoms with Crippen LogP contribution in [0.4, 0.5) is 11.4 Å². The molecule has 2 aromatic carbocycles. The smallest absolute Gasteiger partial charge is 0.227 e. The molecule has 5 heteroatoms. The molecule has 5 nitrogen and oxygen atoms in total. The maximum absolute atomic E-state index is 12.6. The van der Waals surface area contributed by atoms with E-state index in [1.165, 1.54) is 24.9 Å². The first kappa shape index (κ1) is 19.5. The van der Waals surface area contributed by atoms with Crippen molar-refractivity contribution in [3.63, 3.8) is 0 Å². The van der Waals surface area contributed by atoms with Gasteiger partial charge in [-0.2, -0.15) is 0 Å². The summed E-state index contributed by atoms with van der Waals surface area (Å²) in [5.74, 6) is -0.325. The van der Waals surface area contributed by atoms with Crippen molar-refractivity contribution in [3.05, 3.63) is 59.7 Å². The predicted molar refractivity (Wildman–Crippen MR) is 116 cm³/mol. The van der Waals surface area contributed by atoms with Crippen molar-refractivity contribution in [3.8, 4) is 0 Å². The second-order valence-electron chi connectivity index (χ2n) is 8.11. The number of carbonyl (C=O) groups is 2. The van der Waals surface area contributed by atoms with Crippen LogP contribution in [0.15, 0.2) is 48.5 Å². The molecular formula is C24H29N3O2. The van der Waals surface area contributed by atoms with Gasteiger partial charge in [-0.1, -0.05) is 24.3 Å². The summed E-state index contributed by atoms with van der Waals surface area (Å²) in [5, 5.41) is 3.00. The van der Waals surface area contributed by atoms with E-state index < -0.39 is 0 Å². The van der Waals surface area contributed by atoms with Gasteiger partial charge in [0.25, 0.3) is 0 Å². The first-order valence-corrected chi connectivity index (χ1v) is 10.6. The zero-order valence-electron chi connectivity index (χ0n) is 17.1. The van der Waals surface area contributed by atoms with Crippen molar-refractivity contribution >= 4 is 23.2 Å². The molecule has 2 aliphatic rings. The molecule has 1 N–H and O–H groups in total.